The maximum atomic E-state index is 11.9. The Balaban J connectivity index is 3.00. The summed E-state index contributed by atoms with van der Waals surface area (Å²) in [6.45, 7) is 4.95. The Kier molecular flexibility index (Phi) is 3.99. The van der Waals surface area contributed by atoms with Gasteiger partial charge in [-0.05, 0) is 26.0 Å². The molecule has 1 heterocycles. The Hall–Kier alpha value is -1.91. The van der Waals surface area contributed by atoms with E-state index < -0.39 is 5.97 Å². The molecule has 0 radical (unpaired) electrons. The van der Waals surface area contributed by atoms with Crippen molar-refractivity contribution in [3.05, 3.63) is 29.6 Å². The summed E-state index contributed by atoms with van der Waals surface area (Å²) in [6.07, 6.45) is 1.33. The van der Waals surface area contributed by atoms with Crippen LogP contribution < -0.4 is 0 Å². The molecular weight excluding hydrogens is 208 g/mol. The van der Waals surface area contributed by atoms with Gasteiger partial charge < -0.3 is 10.0 Å². The van der Waals surface area contributed by atoms with Crippen LogP contribution in [0.1, 0.15) is 34.7 Å². The largest absolute Gasteiger partial charge is 0.477 e. The molecule has 0 aliphatic heterocycles. The van der Waals surface area contributed by atoms with Gasteiger partial charge in [-0.15, -0.1) is 0 Å². The number of carbonyl (C=O) groups excluding carboxylic acids is 1. The fourth-order valence-electron chi connectivity index (χ4n) is 1.37. The van der Waals surface area contributed by atoms with Gasteiger partial charge in [-0.2, -0.15) is 0 Å². The van der Waals surface area contributed by atoms with Crippen molar-refractivity contribution in [2.45, 2.75) is 13.8 Å². The molecule has 1 rings (SSSR count). The first-order valence-corrected chi connectivity index (χ1v) is 5.08. The lowest BCUT2D eigenvalue weighted by Gasteiger charge is -2.18. The molecule has 86 valence electrons. The van der Waals surface area contributed by atoms with Crippen LogP contribution in [0.3, 0.4) is 0 Å². The van der Waals surface area contributed by atoms with Gasteiger partial charge >= 0.3 is 5.97 Å². The zero-order chi connectivity index (χ0) is 12.1. The van der Waals surface area contributed by atoms with Crippen molar-refractivity contribution in [1.29, 1.82) is 0 Å². The fourth-order valence-corrected chi connectivity index (χ4v) is 1.37. The highest BCUT2D eigenvalue weighted by atomic mass is 16.4. The Labute approximate surface area is 93.7 Å². The number of hydrogen-bond donors (Lipinski definition) is 1. The topological polar surface area (TPSA) is 70.5 Å². The predicted octanol–water partition coefficient (Wildman–Crippen LogP) is 1.26. The number of hydrogen-bond acceptors (Lipinski definition) is 3. The van der Waals surface area contributed by atoms with Gasteiger partial charge in [0.1, 0.15) is 5.69 Å². The van der Waals surface area contributed by atoms with E-state index >= 15 is 0 Å². The second-order valence-electron chi connectivity index (χ2n) is 3.21. The summed E-state index contributed by atoms with van der Waals surface area (Å²) in [5, 5.41) is 8.76. The molecule has 0 atom stereocenters. The van der Waals surface area contributed by atoms with E-state index in [1.54, 1.807) is 4.90 Å². The van der Waals surface area contributed by atoms with Gasteiger partial charge in [0.2, 0.25) is 0 Å². The van der Waals surface area contributed by atoms with Gasteiger partial charge in [0.25, 0.3) is 5.91 Å². The van der Waals surface area contributed by atoms with E-state index in [0.29, 0.717) is 18.7 Å². The quantitative estimate of drug-likeness (QED) is 0.832. The minimum atomic E-state index is -1.13. The molecule has 0 unspecified atom stereocenters. The van der Waals surface area contributed by atoms with Crippen molar-refractivity contribution < 1.29 is 14.7 Å². The van der Waals surface area contributed by atoms with Crippen LogP contribution in [0.5, 0.6) is 0 Å². The summed E-state index contributed by atoms with van der Waals surface area (Å²) < 4.78 is 0. The number of carboxylic acid groups (broad SMARTS) is 1. The van der Waals surface area contributed by atoms with Gasteiger partial charge in [-0.3, -0.25) is 4.79 Å². The number of rotatable bonds is 4. The van der Waals surface area contributed by atoms with Crippen molar-refractivity contribution in [2.24, 2.45) is 0 Å². The summed E-state index contributed by atoms with van der Waals surface area (Å²) in [4.78, 5) is 27.9. The molecule has 0 aliphatic rings. The average Bonchev–Trinajstić information content (AvgIpc) is 2.30. The third-order valence-corrected chi connectivity index (χ3v) is 2.28. The second kappa shape index (κ2) is 5.25. The van der Waals surface area contributed by atoms with E-state index in [1.165, 1.54) is 18.3 Å². The molecule has 0 bridgehead atoms. The summed E-state index contributed by atoms with van der Waals surface area (Å²) >= 11 is 0. The van der Waals surface area contributed by atoms with Gasteiger partial charge in [-0.25, -0.2) is 9.78 Å². The first kappa shape index (κ1) is 12.2. The van der Waals surface area contributed by atoms with Crippen molar-refractivity contribution in [1.82, 2.24) is 9.88 Å². The van der Waals surface area contributed by atoms with Crippen LogP contribution in [-0.4, -0.2) is 40.0 Å². The van der Waals surface area contributed by atoms with Crippen molar-refractivity contribution >= 4 is 11.9 Å². The molecule has 0 spiro atoms. The second-order valence-corrected chi connectivity index (χ2v) is 3.21. The minimum Gasteiger partial charge on any atom is -0.477 e. The molecule has 5 nitrogen and oxygen atoms in total. The van der Waals surface area contributed by atoms with Crippen LogP contribution in [0.4, 0.5) is 0 Å². The van der Waals surface area contributed by atoms with Crippen LogP contribution in [0.15, 0.2) is 18.3 Å². The SMILES string of the molecule is CCN(CC)C(=O)c1ccnc(C(=O)O)c1. The Morgan fingerprint density at radius 3 is 2.50 bits per heavy atom. The van der Waals surface area contributed by atoms with E-state index in [1.807, 2.05) is 13.8 Å². The lowest BCUT2D eigenvalue weighted by Crippen LogP contribution is -2.30. The van der Waals surface area contributed by atoms with Crippen LogP contribution >= 0.6 is 0 Å². The van der Waals surface area contributed by atoms with Crippen molar-refractivity contribution in [2.75, 3.05) is 13.1 Å². The van der Waals surface area contributed by atoms with Gasteiger partial charge in [0.05, 0.1) is 0 Å². The summed E-state index contributed by atoms with van der Waals surface area (Å²) in [6, 6.07) is 2.82. The first-order valence-electron chi connectivity index (χ1n) is 5.08. The van der Waals surface area contributed by atoms with Crippen molar-refractivity contribution in [3.63, 3.8) is 0 Å². The van der Waals surface area contributed by atoms with E-state index in [4.69, 9.17) is 5.11 Å². The number of pyridine rings is 1. The Bertz CT molecular complexity index is 400. The Morgan fingerprint density at radius 2 is 2.00 bits per heavy atom. The maximum absolute atomic E-state index is 11.9. The first-order chi connectivity index (χ1) is 7.60. The number of carbonyl (C=O) groups is 2. The van der Waals surface area contributed by atoms with E-state index in [0.717, 1.165) is 0 Å². The minimum absolute atomic E-state index is 0.113. The van der Waals surface area contributed by atoms with Gasteiger partial charge in [0.15, 0.2) is 0 Å². The standard InChI is InChI=1S/C11H14N2O3/c1-3-13(4-2)10(14)8-5-6-12-9(7-8)11(15)16/h5-7H,3-4H2,1-2H3,(H,15,16). The lowest BCUT2D eigenvalue weighted by molar-refractivity contribution is 0.0690. The zero-order valence-electron chi connectivity index (χ0n) is 9.30. The number of aromatic carboxylic acids is 1. The predicted molar refractivity (Wildman–Crippen MR) is 58.4 cm³/mol. The number of nitrogens with zero attached hydrogens (tertiary/aromatic N) is 2. The number of aromatic nitrogens is 1. The highest BCUT2D eigenvalue weighted by Crippen LogP contribution is 2.06. The van der Waals surface area contributed by atoms with Crippen LogP contribution in [0, 0.1) is 0 Å². The molecule has 16 heavy (non-hydrogen) atoms. The van der Waals surface area contributed by atoms with Gasteiger partial charge in [0, 0.05) is 24.8 Å². The summed E-state index contributed by atoms with van der Waals surface area (Å²) in [7, 11) is 0. The maximum Gasteiger partial charge on any atom is 0.354 e. The monoisotopic (exact) mass is 222 g/mol. The molecule has 0 aliphatic carbocycles. The molecule has 1 N–H and O–H groups in total. The third-order valence-electron chi connectivity index (χ3n) is 2.28. The number of carboxylic acids is 1. The van der Waals surface area contributed by atoms with Gasteiger partial charge in [-0.1, -0.05) is 0 Å². The van der Waals surface area contributed by atoms with E-state index in [2.05, 4.69) is 4.98 Å². The Morgan fingerprint density at radius 1 is 1.38 bits per heavy atom. The number of amides is 1. The molecule has 1 amide bonds. The lowest BCUT2D eigenvalue weighted by atomic mass is 10.2. The molecule has 0 saturated heterocycles. The molecular formula is C11H14N2O3. The average molecular weight is 222 g/mol. The third kappa shape index (κ3) is 2.56. The molecule has 5 heteroatoms. The normalized spacial score (nSPS) is 9.88. The smallest absolute Gasteiger partial charge is 0.354 e. The molecule has 0 aromatic carbocycles. The van der Waals surface area contributed by atoms with Crippen LogP contribution in [-0.2, 0) is 0 Å². The fraction of sp³-hybridized carbons (Fsp3) is 0.364. The van der Waals surface area contributed by atoms with Crippen LogP contribution in [0.25, 0.3) is 0 Å². The summed E-state index contributed by atoms with van der Waals surface area (Å²) in [5.74, 6) is -1.30. The molecule has 1 aromatic rings. The molecule has 0 saturated carbocycles. The van der Waals surface area contributed by atoms with Crippen LogP contribution in [0.2, 0.25) is 0 Å². The molecule has 0 fully saturated rings. The highest BCUT2D eigenvalue weighted by Gasteiger charge is 2.14. The van der Waals surface area contributed by atoms with E-state index in [9.17, 15) is 9.59 Å². The molecule has 1 aromatic heterocycles. The highest BCUT2D eigenvalue weighted by molar-refractivity contribution is 5.96. The van der Waals surface area contributed by atoms with E-state index in [-0.39, 0.29) is 11.6 Å². The zero-order valence-corrected chi connectivity index (χ0v) is 9.30. The van der Waals surface area contributed by atoms with Crippen molar-refractivity contribution in [3.8, 4) is 0 Å². The summed E-state index contributed by atoms with van der Waals surface area (Å²) in [5.41, 5.74) is 0.245.